The maximum Gasteiger partial charge on any atom is 0.340 e. The van der Waals surface area contributed by atoms with Gasteiger partial charge in [-0.2, -0.15) is 0 Å². The largest absolute Gasteiger partial charge is 0.452 e. The molecule has 2 N–H and O–H groups in total. The molecule has 2 aromatic rings. The molecule has 0 fully saturated rings. The van der Waals surface area contributed by atoms with Crippen molar-refractivity contribution in [2.24, 2.45) is 0 Å². The fourth-order valence-corrected chi connectivity index (χ4v) is 2.23. The summed E-state index contributed by atoms with van der Waals surface area (Å²) in [7, 11) is 0. The number of hydrogen-bond acceptors (Lipinski definition) is 4. The molecule has 0 unspecified atom stereocenters. The fourth-order valence-electron chi connectivity index (χ4n) is 2.23. The van der Waals surface area contributed by atoms with Crippen LogP contribution in [-0.2, 0) is 9.53 Å². The minimum Gasteiger partial charge on any atom is -0.452 e. The van der Waals surface area contributed by atoms with Crippen molar-refractivity contribution in [3.63, 3.8) is 0 Å². The lowest BCUT2D eigenvalue weighted by atomic mass is 10.1. The Hall–Kier alpha value is -3.03. The molecule has 0 aliphatic rings. The molecule has 0 aliphatic carbocycles. The number of nitrogens with one attached hydrogen (secondary N) is 2. The van der Waals surface area contributed by atoms with Crippen molar-refractivity contribution < 1.29 is 27.5 Å². The lowest BCUT2D eigenvalue weighted by Gasteiger charge is -2.12. The molecular formula is C19H19F3N2O3. The summed E-state index contributed by atoms with van der Waals surface area (Å²) in [4.78, 5) is 24.0. The molecule has 144 valence electrons. The zero-order chi connectivity index (χ0) is 19.8. The van der Waals surface area contributed by atoms with E-state index in [1.54, 1.807) is 24.3 Å². The van der Waals surface area contributed by atoms with E-state index in [0.717, 1.165) is 18.9 Å². The number of esters is 1. The first-order chi connectivity index (χ1) is 12.9. The van der Waals surface area contributed by atoms with E-state index < -0.39 is 41.6 Å². The molecule has 0 aliphatic heterocycles. The number of benzene rings is 2. The quantitative estimate of drug-likeness (QED) is 0.411. The summed E-state index contributed by atoms with van der Waals surface area (Å²) in [6.07, 6.45) is 1.91. The molecule has 0 atom stereocenters. The number of ether oxygens (including phenoxy) is 1. The number of halogens is 3. The van der Waals surface area contributed by atoms with Crippen LogP contribution in [0.25, 0.3) is 0 Å². The topological polar surface area (TPSA) is 67.4 Å². The molecule has 0 spiro atoms. The van der Waals surface area contributed by atoms with Gasteiger partial charge in [0.05, 0.1) is 11.3 Å². The first-order valence-corrected chi connectivity index (χ1v) is 8.37. The van der Waals surface area contributed by atoms with Crippen molar-refractivity contribution in [2.45, 2.75) is 19.8 Å². The van der Waals surface area contributed by atoms with Crippen LogP contribution in [0.3, 0.4) is 0 Å². The Morgan fingerprint density at radius 3 is 2.48 bits per heavy atom. The Bertz CT molecular complexity index is 828. The number of carbonyl (C=O) groups is 2. The van der Waals surface area contributed by atoms with Gasteiger partial charge in [0.2, 0.25) is 0 Å². The number of carbonyl (C=O) groups excluding carboxylic acids is 2. The Balaban J connectivity index is 1.96. The summed E-state index contributed by atoms with van der Waals surface area (Å²) in [6.45, 7) is 2.01. The number of para-hydroxylation sites is 1. The van der Waals surface area contributed by atoms with Crippen molar-refractivity contribution in [3.8, 4) is 0 Å². The van der Waals surface area contributed by atoms with Gasteiger partial charge in [-0.25, -0.2) is 18.0 Å². The molecular weight excluding hydrogens is 361 g/mol. The van der Waals surface area contributed by atoms with Crippen LogP contribution in [0.5, 0.6) is 0 Å². The number of rotatable bonds is 8. The maximum absolute atomic E-state index is 13.5. The number of hydrogen-bond donors (Lipinski definition) is 2. The van der Waals surface area contributed by atoms with Crippen LogP contribution in [0.4, 0.5) is 24.5 Å². The van der Waals surface area contributed by atoms with Crippen LogP contribution < -0.4 is 10.6 Å². The van der Waals surface area contributed by atoms with Crippen molar-refractivity contribution in [1.82, 2.24) is 0 Å². The summed E-state index contributed by atoms with van der Waals surface area (Å²) in [5, 5.41) is 5.14. The highest BCUT2D eigenvalue weighted by Gasteiger charge is 2.17. The Labute approximate surface area is 154 Å². The van der Waals surface area contributed by atoms with E-state index in [1.165, 1.54) is 0 Å². The first kappa shape index (κ1) is 20.3. The Morgan fingerprint density at radius 1 is 1.00 bits per heavy atom. The number of unbranched alkanes of at least 4 members (excludes halogenated alkanes) is 1. The van der Waals surface area contributed by atoms with Crippen LogP contribution in [0.1, 0.15) is 30.1 Å². The van der Waals surface area contributed by atoms with Gasteiger partial charge in [0.1, 0.15) is 0 Å². The maximum atomic E-state index is 13.5. The smallest absolute Gasteiger partial charge is 0.340 e. The van der Waals surface area contributed by atoms with Gasteiger partial charge in [-0.3, -0.25) is 4.79 Å². The van der Waals surface area contributed by atoms with Gasteiger partial charge in [-0.1, -0.05) is 25.5 Å². The van der Waals surface area contributed by atoms with E-state index in [-0.39, 0.29) is 5.56 Å². The zero-order valence-corrected chi connectivity index (χ0v) is 14.7. The highest BCUT2D eigenvalue weighted by Crippen LogP contribution is 2.20. The second kappa shape index (κ2) is 9.61. The zero-order valence-electron chi connectivity index (χ0n) is 14.7. The summed E-state index contributed by atoms with van der Waals surface area (Å²) < 4.78 is 44.5. The predicted molar refractivity (Wildman–Crippen MR) is 95.1 cm³/mol. The second-order valence-electron chi connectivity index (χ2n) is 5.67. The van der Waals surface area contributed by atoms with Gasteiger partial charge in [0.15, 0.2) is 24.1 Å². The highest BCUT2D eigenvalue weighted by molar-refractivity contribution is 5.98. The molecule has 0 saturated heterocycles. The summed E-state index contributed by atoms with van der Waals surface area (Å²) >= 11 is 0. The standard InChI is InChI=1S/C19H19F3N2O3/c1-2-3-10-23-14-7-5-4-6-12(14)19(26)27-11-16(25)24-15-9-8-13(20)17(21)18(15)22/h4-9,23H,2-3,10-11H2,1H3,(H,24,25). The van der Waals surface area contributed by atoms with Gasteiger partial charge in [-0.15, -0.1) is 0 Å². The molecule has 0 saturated carbocycles. The van der Waals surface area contributed by atoms with E-state index in [9.17, 15) is 22.8 Å². The molecule has 8 heteroatoms. The Morgan fingerprint density at radius 2 is 1.74 bits per heavy atom. The van der Waals surface area contributed by atoms with Gasteiger partial charge in [0.25, 0.3) is 5.91 Å². The van der Waals surface area contributed by atoms with Crippen LogP contribution in [-0.4, -0.2) is 25.0 Å². The molecule has 1 amide bonds. The van der Waals surface area contributed by atoms with Gasteiger partial charge in [-0.05, 0) is 30.7 Å². The second-order valence-corrected chi connectivity index (χ2v) is 5.67. The Kier molecular flexibility index (Phi) is 7.22. The molecule has 2 aromatic carbocycles. The van der Waals surface area contributed by atoms with E-state index in [2.05, 4.69) is 5.32 Å². The van der Waals surface area contributed by atoms with Crippen molar-refractivity contribution in [2.75, 3.05) is 23.8 Å². The van der Waals surface area contributed by atoms with Crippen molar-refractivity contribution >= 4 is 23.3 Å². The van der Waals surface area contributed by atoms with E-state index in [0.29, 0.717) is 18.3 Å². The minimum absolute atomic E-state index is 0.250. The summed E-state index contributed by atoms with van der Waals surface area (Å²) in [5.74, 6) is -6.22. The first-order valence-electron chi connectivity index (χ1n) is 8.37. The average molecular weight is 380 g/mol. The van der Waals surface area contributed by atoms with Crippen LogP contribution >= 0.6 is 0 Å². The summed E-state index contributed by atoms with van der Waals surface area (Å²) in [6, 6.07) is 8.22. The lowest BCUT2D eigenvalue weighted by molar-refractivity contribution is -0.119. The van der Waals surface area contributed by atoms with Crippen LogP contribution in [0.2, 0.25) is 0 Å². The van der Waals surface area contributed by atoms with Gasteiger partial charge in [0, 0.05) is 12.2 Å². The third-order valence-electron chi connectivity index (χ3n) is 3.64. The third kappa shape index (κ3) is 5.47. The van der Waals surface area contributed by atoms with E-state index in [1.807, 2.05) is 12.2 Å². The SMILES string of the molecule is CCCCNc1ccccc1C(=O)OCC(=O)Nc1ccc(F)c(F)c1F. The van der Waals surface area contributed by atoms with E-state index >= 15 is 0 Å². The van der Waals surface area contributed by atoms with Crippen molar-refractivity contribution in [3.05, 3.63) is 59.4 Å². The van der Waals surface area contributed by atoms with E-state index in [4.69, 9.17) is 4.74 Å². The average Bonchev–Trinajstić information content (AvgIpc) is 2.67. The van der Waals surface area contributed by atoms with Crippen LogP contribution in [0.15, 0.2) is 36.4 Å². The molecule has 5 nitrogen and oxygen atoms in total. The van der Waals surface area contributed by atoms with Crippen LogP contribution in [0, 0.1) is 17.5 Å². The molecule has 0 aromatic heterocycles. The fraction of sp³-hybridized carbons (Fsp3) is 0.263. The molecule has 0 bridgehead atoms. The molecule has 0 radical (unpaired) electrons. The summed E-state index contributed by atoms with van der Waals surface area (Å²) in [5.41, 5.74) is 0.278. The van der Waals surface area contributed by atoms with Gasteiger partial charge >= 0.3 is 5.97 Å². The monoisotopic (exact) mass is 380 g/mol. The molecule has 2 rings (SSSR count). The highest BCUT2D eigenvalue weighted by atomic mass is 19.2. The third-order valence-corrected chi connectivity index (χ3v) is 3.64. The predicted octanol–water partition coefficient (Wildman–Crippen LogP) is 4.11. The molecule has 0 heterocycles. The number of amides is 1. The van der Waals surface area contributed by atoms with Crippen molar-refractivity contribution in [1.29, 1.82) is 0 Å². The molecule has 27 heavy (non-hydrogen) atoms. The van der Waals surface area contributed by atoms with Gasteiger partial charge < -0.3 is 15.4 Å². The number of anilines is 2. The normalized spacial score (nSPS) is 10.4. The lowest BCUT2D eigenvalue weighted by Crippen LogP contribution is -2.22. The minimum atomic E-state index is -1.70.